The van der Waals surface area contributed by atoms with E-state index in [-0.39, 0.29) is 0 Å². The molecule has 0 heteroatoms. The Morgan fingerprint density at radius 1 is 0.458 bits per heavy atom. The van der Waals surface area contributed by atoms with E-state index in [0.29, 0.717) is 0 Å². The first-order valence-electron chi connectivity index (χ1n) is 11.8. The fourth-order valence-corrected chi connectivity index (χ4v) is 5.57. The predicted octanol–water partition coefficient (Wildman–Crippen LogP) is 8.74. The summed E-state index contributed by atoms with van der Waals surface area (Å²) in [6.07, 6.45) is 15.5. The zero-order valence-electron chi connectivity index (χ0n) is 18.5. The van der Waals surface area contributed by atoms with Crippen molar-refractivity contribution >= 4 is 0 Å². The van der Waals surface area contributed by atoms with E-state index in [4.69, 9.17) is 0 Å². The van der Waals surface area contributed by atoms with Gasteiger partial charge in [0, 0.05) is 0 Å². The van der Waals surface area contributed by atoms with Gasteiger partial charge >= 0.3 is 0 Å². The summed E-state index contributed by atoms with van der Waals surface area (Å²) in [5.74, 6) is 6.67. The van der Waals surface area contributed by atoms with Crippen molar-refractivity contribution in [1.82, 2.24) is 0 Å². The minimum atomic E-state index is 1.08. The van der Waals surface area contributed by atoms with Crippen LogP contribution in [0.1, 0.15) is 120 Å². The lowest BCUT2D eigenvalue weighted by Crippen LogP contribution is -2.38. The average molecular weight is 339 g/mol. The SMILES string of the molecule is CC.CC.CC.CCC1CCC2CC3CC(CC)CCC3CC2C1. The summed E-state index contributed by atoms with van der Waals surface area (Å²) in [7, 11) is 0. The van der Waals surface area contributed by atoms with Gasteiger partial charge in [-0.2, -0.15) is 0 Å². The van der Waals surface area contributed by atoms with Crippen molar-refractivity contribution in [3.8, 4) is 0 Å². The molecule has 0 aromatic heterocycles. The molecule has 24 heavy (non-hydrogen) atoms. The Hall–Kier alpha value is 0. The lowest BCUT2D eigenvalue weighted by Gasteiger charge is -2.49. The predicted molar refractivity (Wildman–Crippen MR) is 113 cm³/mol. The Morgan fingerprint density at radius 2 is 0.792 bits per heavy atom. The van der Waals surface area contributed by atoms with Crippen LogP contribution in [0.4, 0.5) is 0 Å². The van der Waals surface area contributed by atoms with Crippen LogP contribution in [0.2, 0.25) is 0 Å². The third-order valence-corrected chi connectivity index (χ3v) is 6.86. The fraction of sp³-hybridized carbons (Fsp3) is 1.00. The second-order valence-electron chi connectivity index (χ2n) is 7.69. The molecule has 0 nitrogen and oxygen atoms in total. The highest BCUT2D eigenvalue weighted by Gasteiger charge is 2.41. The summed E-state index contributed by atoms with van der Waals surface area (Å²) in [6.45, 7) is 16.8. The second kappa shape index (κ2) is 14.2. The normalized spacial score (nSPS) is 37.0. The standard InChI is InChI=1S/C18H32.3C2H6/c1-3-13-5-7-15-12-18-10-14(4-2)6-8-16(18)11-17(15)9-13;3*1-2/h13-18H,3-12H2,1-2H3;3*1-2H3. The molecule has 0 aromatic carbocycles. The van der Waals surface area contributed by atoms with Crippen LogP contribution >= 0.6 is 0 Å². The molecule has 0 heterocycles. The lowest BCUT2D eigenvalue weighted by molar-refractivity contribution is 0.0195. The molecule has 0 saturated heterocycles. The third kappa shape index (κ3) is 6.72. The van der Waals surface area contributed by atoms with Crippen LogP contribution in [0.25, 0.3) is 0 Å². The average Bonchev–Trinajstić information content (AvgIpc) is 2.70. The van der Waals surface area contributed by atoms with Crippen molar-refractivity contribution in [2.24, 2.45) is 35.5 Å². The van der Waals surface area contributed by atoms with E-state index in [0.717, 1.165) is 35.5 Å². The van der Waals surface area contributed by atoms with Gasteiger partial charge < -0.3 is 0 Å². The van der Waals surface area contributed by atoms with E-state index in [1.165, 1.54) is 12.8 Å². The molecule has 0 bridgehead atoms. The Bertz CT molecular complexity index is 241. The quantitative estimate of drug-likeness (QED) is 0.472. The molecule has 3 fully saturated rings. The molecule has 6 unspecified atom stereocenters. The third-order valence-electron chi connectivity index (χ3n) is 6.86. The Morgan fingerprint density at radius 3 is 1.08 bits per heavy atom. The van der Waals surface area contributed by atoms with Gasteiger partial charge in [0.2, 0.25) is 0 Å². The number of fused-ring (bicyclic) bond motifs is 2. The number of rotatable bonds is 2. The van der Waals surface area contributed by atoms with E-state index in [2.05, 4.69) is 13.8 Å². The second-order valence-corrected chi connectivity index (χ2v) is 7.69. The molecule has 3 aliphatic rings. The molecule has 0 aromatic rings. The summed E-state index contributed by atoms with van der Waals surface area (Å²) < 4.78 is 0. The van der Waals surface area contributed by atoms with Gasteiger partial charge in [-0.1, -0.05) is 81.1 Å². The minimum absolute atomic E-state index is 1.08. The molecular formula is C24H50. The molecule has 0 spiro atoms. The van der Waals surface area contributed by atoms with Gasteiger partial charge in [0.05, 0.1) is 0 Å². The van der Waals surface area contributed by atoms with Crippen LogP contribution in [0.3, 0.4) is 0 Å². The van der Waals surface area contributed by atoms with E-state index in [1.807, 2.05) is 41.5 Å². The maximum absolute atomic E-state index is 2.41. The van der Waals surface area contributed by atoms with Gasteiger partial charge in [-0.15, -0.1) is 0 Å². The van der Waals surface area contributed by atoms with Crippen molar-refractivity contribution in [3.05, 3.63) is 0 Å². The molecule has 3 saturated carbocycles. The van der Waals surface area contributed by atoms with Gasteiger partial charge in [0.25, 0.3) is 0 Å². The van der Waals surface area contributed by atoms with Crippen molar-refractivity contribution in [3.63, 3.8) is 0 Å². The van der Waals surface area contributed by atoms with Gasteiger partial charge in [0.1, 0.15) is 0 Å². The maximum atomic E-state index is 2.41. The smallest absolute Gasteiger partial charge is 0.0380 e. The highest BCUT2D eigenvalue weighted by atomic mass is 14.5. The molecule has 146 valence electrons. The zero-order valence-corrected chi connectivity index (χ0v) is 18.5. The lowest BCUT2D eigenvalue weighted by atomic mass is 9.57. The van der Waals surface area contributed by atoms with E-state index < -0.39 is 0 Å². The molecule has 3 aliphatic carbocycles. The van der Waals surface area contributed by atoms with E-state index in [9.17, 15) is 0 Å². The Labute approximate surface area is 155 Å². The zero-order chi connectivity index (χ0) is 18.5. The molecule has 0 radical (unpaired) electrons. The Balaban J connectivity index is 0.000000798. The van der Waals surface area contributed by atoms with Crippen LogP contribution in [0.5, 0.6) is 0 Å². The highest BCUT2D eigenvalue weighted by Crippen LogP contribution is 2.52. The largest absolute Gasteiger partial charge is 0.0683 e. The molecular weight excluding hydrogens is 288 g/mol. The van der Waals surface area contributed by atoms with Crippen molar-refractivity contribution < 1.29 is 0 Å². The van der Waals surface area contributed by atoms with Crippen LogP contribution in [0, 0.1) is 35.5 Å². The fourth-order valence-electron chi connectivity index (χ4n) is 5.57. The first kappa shape index (κ1) is 24.0. The van der Waals surface area contributed by atoms with Crippen molar-refractivity contribution in [1.29, 1.82) is 0 Å². The first-order chi connectivity index (χ1) is 11.8. The Kier molecular flexibility index (Phi) is 14.2. The van der Waals surface area contributed by atoms with Crippen molar-refractivity contribution in [2.75, 3.05) is 0 Å². The van der Waals surface area contributed by atoms with Gasteiger partial charge in [-0.25, -0.2) is 0 Å². The van der Waals surface area contributed by atoms with Gasteiger partial charge in [-0.3, -0.25) is 0 Å². The van der Waals surface area contributed by atoms with Crippen LogP contribution < -0.4 is 0 Å². The van der Waals surface area contributed by atoms with E-state index >= 15 is 0 Å². The topological polar surface area (TPSA) is 0 Å². The number of hydrogen-bond donors (Lipinski definition) is 0. The van der Waals surface area contributed by atoms with Gasteiger partial charge in [0.15, 0.2) is 0 Å². The summed E-state index contributed by atoms with van der Waals surface area (Å²) in [4.78, 5) is 0. The van der Waals surface area contributed by atoms with Crippen LogP contribution in [0.15, 0.2) is 0 Å². The summed E-state index contributed by atoms with van der Waals surface area (Å²) in [5.41, 5.74) is 0. The molecule has 0 amide bonds. The van der Waals surface area contributed by atoms with Crippen LogP contribution in [-0.2, 0) is 0 Å². The van der Waals surface area contributed by atoms with Crippen molar-refractivity contribution in [2.45, 2.75) is 120 Å². The van der Waals surface area contributed by atoms with Crippen LogP contribution in [-0.4, -0.2) is 0 Å². The minimum Gasteiger partial charge on any atom is -0.0683 e. The first-order valence-corrected chi connectivity index (χ1v) is 11.8. The molecule has 0 N–H and O–H groups in total. The molecule has 0 aliphatic heterocycles. The number of hydrogen-bond acceptors (Lipinski definition) is 0. The monoisotopic (exact) mass is 338 g/mol. The molecule has 6 atom stereocenters. The highest BCUT2D eigenvalue weighted by molar-refractivity contribution is 4.92. The van der Waals surface area contributed by atoms with Gasteiger partial charge in [-0.05, 0) is 74.0 Å². The van der Waals surface area contributed by atoms with E-state index in [1.54, 1.807) is 51.4 Å². The summed E-state index contributed by atoms with van der Waals surface area (Å²) in [6, 6.07) is 0. The summed E-state index contributed by atoms with van der Waals surface area (Å²) >= 11 is 0. The maximum Gasteiger partial charge on any atom is -0.0380 e. The molecule has 3 rings (SSSR count). The summed E-state index contributed by atoms with van der Waals surface area (Å²) in [5, 5.41) is 0.